The van der Waals surface area contributed by atoms with E-state index in [2.05, 4.69) is 19.2 Å². The van der Waals surface area contributed by atoms with E-state index in [0.29, 0.717) is 25.9 Å². The van der Waals surface area contributed by atoms with Crippen LogP contribution in [0.5, 0.6) is 0 Å². The molecule has 2 atom stereocenters. The monoisotopic (exact) mass is 282 g/mol. The molecule has 0 bridgehead atoms. The van der Waals surface area contributed by atoms with E-state index in [0.717, 1.165) is 19.3 Å². The first-order chi connectivity index (χ1) is 9.31. The van der Waals surface area contributed by atoms with Crippen molar-refractivity contribution >= 4 is 12.0 Å². The normalized spacial score (nSPS) is 31.8. The maximum atomic E-state index is 12.3. The van der Waals surface area contributed by atoms with Gasteiger partial charge in [0.1, 0.15) is 0 Å². The first-order valence-corrected chi connectivity index (χ1v) is 7.59. The topological polar surface area (TPSA) is 69.6 Å². The lowest BCUT2D eigenvalue weighted by Crippen LogP contribution is -2.53. The molecule has 5 nitrogen and oxygen atoms in total. The van der Waals surface area contributed by atoms with Gasteiger partial charge in [0.15, 0.2) is 0 Å². The minimum absolute atomic E-state index is 0.0954. The van der Waals surface area contributed by atoms with Crippen LogP contribution in [0.15, 0.2) is 0 Å². The molecule has 0 aromatic carbocycles. The van der Waals surface area contributed by atoms with Crippen molar-refractivity contribution in [2.45, 2.75) is 58.9 Å². The lowest BCUT2D eigenvalue weighted by molar-refractivity contribution is -0.152. The highest BCUT2D eigenvalue weighted by molar-refractivity contribution is 5.79. The Bertz CT molecular complexity index is 404. The van der Waals surface area contributed by atoms with E-state index in [9.17, 15) is 14.7 Å². The molecule has 1 saturated carbocycles. The van der Waals surface area contributed by atoms with Crippen LogP contribution >= 0.6 is 0 Å². The molecule has 0 spiro atoms. The van der Waals surface area contributed by atoms with Crippen LogP contribution in [0.3, 0.4) is 0 Å². The predicted octanol–water partition coefficient (Wildman–Crippen LogP) is 2.46. The first kappa shape index (κ1) is 15.1. The Morgan fingerprint density at radius 2 is 2.05 bits per heavy atom. The van der Waals surface area contributed by atoms with Gasteiger partial charge in [0, 0.05) is 19.1 Å². The molecular formula is C15H26N2O3. The largest absolute Gasteiger partial charge is 0.481 e. The van der Waals surface area contributed by atoms with Crippen LogP contribution < -0.4 is 5.32 Å². The number of hydrogen-bond acceptors (Lipinski definition) is 2. The molecule has 20 heavy (non-hydrogen) atoms. The maximum Gasteiger partial charge on any atom is 0.317 e. The number of carbonyl (C=O) groups excluding carboxylic acids is 1. The van der Waals surface area contributed by atoms with E-state index < -0.39 is 11.4 Å². The molecule has 2 fully saturated rings. The zero-order valence-corrected chi connectivity index (χ0v) is 12.7. The Labute approximate surface area is 120 Å². The summed E-state index contributed by atoms with van der Waals surface area (Å²) in [6, 6.07) is 0.143. The van der Waals surface area contributed by atoms with E-state index in [1.54, 1.807) is 4.90 Å². The minimum atomic E-state index is -0.761. The quantitative estimate of drug-likeness (QED) is 0.832. The van der Waals surface area contributed by atoms with Gasteiger partial charge in [0.25, 0.3) is 0 Å². The number of amides is 2. The van der Waals surface area contributed by atoms with Gasteiger partial charge in [-0.1, -0.05) is 27.2 Å². The van der Waals surface area contributed by atoms with Crippen molar-refractivity contribution in [3.05, 3.63) is 0 Å². The number of likely N-dealkylation sites (tertiary alicyclic amines) is 1. The fraction of sp³-hybridized carbons (Fsp3) is 0.867. The zero-order chi connectivity index (χ0) is 15.0. The van der Waals surface area contributed by atoms with Crippen molar-refractivity contribution in [1.82, 2.24) is 10.2 Å². The first-order valence-electron chi connectivity index (χ1n) is 7.59. The molecule has 5 heteroatoms. The van der Waals surface area contributed by atoms with E-state index in [-0.39, 0.29) is 17.5 Å². The van der Waals surface area contributed by atoms with Gasteiger partial charge in [-0.05, 0) is 31.1 Å². The molecule has 1 saturated heterocycles. The number of carbonyl (C=O) groups is 2. The van der Waals surface area contributed by atoms with E-state index >= 15 is 0 Å². The van der Waals surface area contributed by atoms with Crippen LogP contribution in [-0.2, 0) is 4.79 Å². The molecule has 114 valence electrons. The third kappa shape index (κ3) is 2.91. The van der Waals surface area contributed by atoms with Crippen molar-refractivity contribution in [1.29, 1.82) is 0 Å². The highest BCUT2D eigenvalue weighted by Gasteiger charge is 2.48. The Morgan fingerprint density at radius 1 is 1.40 bits per heavy atom. The van der Waals surface area contributed by atoms with Crippen molar-refractivity contribution in [3.8, 4) is 0 Å². The summed E-state index contributed by atoms with van der Waals surface area (Å²) in [5.74, 6) is -0.761. The lowest BCUT2D eigenvalue weighted by atomic mass is 9.76. The van der Waals surface area contributed by atoms with Crippen molar-refractivity contribution in [2.75, 3.05) is 13.1 Å². The Balaban J connectivity index is 1.98. The zero-order valence-electron chi connectivity index (χ0n) is 12.7. The number of carboxylic acids is 1. The van der Waals surface area contributed by atoms with Crippen LogP contribution in [0.1, 0.15) is 52.9 Å². The molecule has 2 aliphatic rings. The summed E-state index contributed by atoms with van der Waals surface area (Å²) in [6.07, 6.45) is 3.92. The number of piperidine rings is 1. The average Bonchev–Trinajstić information content (AvgIpc) is 2.97. The summed E-state index contributed by atoms with van der Waals surface area (Å²) in [5.41, 5.74) is -0.553. The van der Waals surface area contributed by atoms with Crippen LogP contribution in [0.2, 0.25) is 0 Å². The highest BCUT2D eigenvalue weighted by Crippen LogP contribution is 2.44. The highest BCUT2D eigenvalue weighted by atomic mass is 16.4. The Morgan fingerprint density at radius 3 is 2.55 bits per heavy atom. The maximum absolute atomic E-state index is 12.3. The number of aliphatic carboxylic acids is 1. The van der Waals surface area contributed by atoms with E-state index in [1.807, 2.05) is 6.92 Å². The summed E-state index contributed by atoms with van der Waals surface area (Å²) >= 11 is 0. The van der Waals surface area contributed by atoms with Gasteiger partial charge in [-0.3, -0.25) is 4.79 Å². The number of hydrogen-bond donors (Lipinski definition) is 2. The third-order valence-electron chi connectivity index (χ3n) is 4.86. The SMILES string of the molecule is CCCC1(C(=O)O)CCCN(C(=O)NC2CC2(C)C)C1. The summed E-state index contributed by atoms with van der Waals surface area (Å²) in [6.45, 7) is 7.27. The summed E-state index contributed by atoms with van der Waals surface area (Å²) in [4.78, 5) is 25.6. The van der Waals surface area contributed by atoms with Crippen LogP contribution in [0, 0.1) is 10.8 Å². The number of nitrogens with one attached hydrogen (secondary N) is 1. The van der Waals surface area contributed by atoms with Crippen molar-refractivity contribution < 1.29 is 14.7 Å². The van der Waals surface area contributed by atoms with Crippen molar-refractivity contribution in [3.63, 3.8) is 0 Å². The number of nitrogens with zero attached hydrogens (tertiary/aromatic N) is 1. The van der Waals surface area contributed by atoms with E-state index in [4.69, 9.17) is 0 Å². The molecule has 0 aromatic rings. The second-order valence-electron chi connectivity index (χ2n) is 7.06. The molecule has 2 N–H and O–H groups in total. The standard InChI is InChI=1S/C15H26N2O3/c1-4-6-15(12(18)19)7-5-8-17(10-15)13(20)16-11-9-14(11,2)3/h11H,4-10H2,1-3H3,(H,16,20)(H,18,19). The van der Waals surface area contributed by atoms with Gasteiger partial charge in [-0.15, -0.1) is 0 Å². The van der Waals surface area contributed by atoms with Crippen LogP contribution in [-0.4, -0.2) is 41.1 Å². The van der Waals surface area contributed by atoms with E-state index in [1.165, 1.54) is 0 Å². The smallest absolute Gasteiger partial charge is 0.317 e. The molecular weight excluding hydrogens is 256 g/mol. The summed E-state index contributed by atoms with van der Waals surface area (Å²) in [5, 5.41) is 12.6. The number of rotatable bonds is 4. The van der Waals surface area contributed by atoms with Gasteiger partial charge in [-0.25, -0.2) is 4.79 Å². The van der Waals surface area contributed by atoms with Gasteiger partial charge in [0.2, 0.25) is 0 Å². The molecule has 1 heterocycles. The Kier molecular flexibility index (Phi) is 3.98. The summed E-state index contributed by atoms with van der Waals surface area (Å²) < 4.78 is 0. The minimum Gasteiger partial charge on any atom is -0.481 e. The molecule has 0 aromatic heterocycles. The predicted molar refractivity (Wildman–Crippen MR) is 76.5 cm³/mol. The lowest BCUT2D eigenvalue weighted by Gasteiger charge is -2.40. The molecule has 1 aliphatic heterocycles. The second kappa shape index (κ2) is 5.26. The number of carboxylic acid groups (broad SMARTS) is 1. The molecule has 2 unspecified atom stereocenters. The molecule has 2 amide bonds. The Hall–Kier alpha value is -1.26. The average molecular weight is 282 g/mol. The third-order valence-corrected chi connectivity index (χ3v) is 4.86. The van der Waals surface area contributed by atoms with Crippen LogP contribution in [0.25, 0.3) is 0 Å². The van der Waals surface area contributed by atoms with Gasteiger partial charge >= 0.3 is 12.0 Å². The van der Waals surface area contributed by atoms with Crippen molar-refractivity contribution in [2.24, 2.45) is 10.8 Å². The fourth-order valence-corrected chi connectivity index (χ4v) is 3.22. The fourth-order valence-electron chi connectivity index (χ4n) is 3.22. The molecule has 0 radical (unpaired) electrons. The van der Waals surface area contributed by atoms with Gasteiger partial charge in [0.05, 0.1) is 5.41 Å². The molecule has 2 rings (SSSR count). The summed E-state index contributed by atoms with van der Waals surface area (Å²) in [7, 11) is 0. The number of urea groups is 1. The molecule has 1 aliphatic carbocycles. The second-order valence-corrected chi connectivity index (χ2v) is 7.06. The van der Waals surface area contributed by atoms with Gasteiger partial charge < -0.3 is 15.3 Å². The van der Waals surface area contributed by atoms with Crippen LogP contribution in [0.4, 0.5) is 4.79 Å². The van der Waals surface area contributed by atoms with Gasteiger partial charge in [-0.2, -0.15) is 0 Å².